The average molecular weight is 325 g/mol. The number of benzene rings is 2. The molecule has 2 aromatic rings. The van der Waals surface area contributed by atoms with Crippen molar-refractivity contribution < 1.29 is 14.3 Å². The number of morpholine rings is 1. The van der Waals surface area contributed by atoms with Crippen molar-refractivity contribution in [1.29, 1.82) is 0 Å². The molecule has 126 valence electrons. The normalized spacial score (nSPS) is 15.2. The van der Waals surface area contributed by atoms with Gasteiger partial charge in [-0.25, -0.2) is 0 Å². The second-order valence-electron chi connectivity index (χ2n) is 5.85. The molecule has 0 N–H and O–H groups in total. The summed E-state index contributed by atoms with van der Waals surface area (Å²) in [5.74, 6) is 0.660. The van der Waals surface area contributed by atoms with Gasteiger partial charge in [-0.2, -0.15) is 0 Å². The van der Waals surface area contributed by atoms with E-state index in [-0.39, 0.29) is 5.78 Å². The van der Waals surface area contributed by atoms with Gasteiger partial charge in [-0.15, -0.1) is 0 Å². The average Bonchev–Trinajstić information content (AvgIpc) is 2.66. The Labute approximate surface area is 143 Å². The smallest absolute Gasteiger partial charge is 0.196 e. The maximum absolute atomic E-state index is 12.6. The number of carbonyl (C=O) groups is 1. The van der Waals surface area contributed by atoms with Gasteiger partial charge in [0.05, 0.1) is 25.4 Å². The zero-order chi connectivity index (χ0) is 16.6. The summed E-state index contributed by atoms with van der Waals surface area (Å²) in [5, 5.41) is 0. The Morgan fingerprint density at radius 2 is 1.71 bits per heavy atom. The molecular weight excluding hydrogens is 302 g/mol. The zero-order valence-corrected chi connectivity index (χ0v) is 13.8. The highest BCUT2D eigenvalue weighted by Crippen LogP contribution is 2.21. The van der Waals surface area contributed by atoms with Gasteiger partial charge in [0.15, 0.2) is 5.78 Å². The summed E-state index contributed by atoms with van der Waals surface area (Å²) in [4.78, 5) is 15.0. The van der Waals surface area contributed by atoms with Crippen LogP contribution in [0.2, 0.25) is 0 Å². The molecule has 24 heavy (non-hydrogen) atoms. The SMILES string of the molecule is O=C(c1ccccc1)c1ccccc1OCCCN1CCOCC1. The number of para-hydroxylation sites is 1. The van der Waals surface area contributed by atoms with Crippen LogP contribution in [0.15, 0.2) is 54.6 Å². The first-order valence-electron chi connectivity index (χ1n) is 8.46. The van der Waals surface area contributed by atoms with E-state index in [4.69, 9.17) is 9.47 Å². The minimum atomic E-state index is -0.000575. The Bertz CT molecular complexity index is 651. The summed E-state index contributed by atoms with van der Waals surface area (Å²) < 4.78 is 11.2. The second-order valence-corrected chi connectivity index (χ2v) is 5.85. The first-order valence-corrected chi connectivity index (χ1v) is 8.46. The Balaban J connectivity index is 1.57. The lowest BCUT2D eigenvalue weighted by Gasteiger charge is -2.26. The predicted molar refractivity (Wildman–Crippen MR) is 93.7 cm³/mol. The third-order valence-corrected chi connectivity index (χ3v) is 4.15. The van der Waals surface area contributed by atoms with E-state index in [1.807, 2.05) is 54.6 Å². The van der Waals surface area contributed by atoms with Crippen molar-refractivity contribution in [1.82, 2.24) is 4.90 Å². The van der Waals surface area contributed by atoms with Gasteiger partial charge in [0.1, 0.15) is 5.75 Å². The number of hydrogen-bond acceptors (Lipinski definition) is 4. The first kappa shape index (κ1) is 16.7. The Morgan fingerprint density at radius 1 is 1.00 bits per heavy atom. The number of rotatable bonds is 7. The molecule has 0 spiro atoms. The molecule has 4 nitrogen and oxygen atoms in total. The number of ether oxygens (including phenoxy) is 2. The molecule has 3 rings (SSSR count). The van der Waals surface area contributed by atoms with Gasteiger partial charge >= 0.3 is 0 Å². The summed E-state index contributed by atoms with van der Waals surface area (Å²) in [5.41, 5.74) is 1.30. The summed E-state index contributed by atoms with van der Waals surface area (Å²) in [6, 6.07) is 16.8. The minimum absolute atomic E-state index is 0.000575. The fourth-order valence-electron chi connectivity index (χ4n) is 2.82. The molecule has 0 atom stereocenters. The molecule has 0 aromatic heterocycles. The molecule has 2 aromatic carbocycles. The van der Waals surface area contributed by atoms with Crippen LogP contribution < -0.4 is 4.74 Å². The molecule has 0 aliphatic carbocycles. The van der Waals surface area contributed by atoms with Crippen LogP contribution in [0.5, 0.6) is 5.75 Å². The van der Waals surface area contributed by atoms with Crippen LogP contribution in [0.1, 0.15) is 22.3 Å². The van der Waals surface area contributed by atoms with Crippen molar-refractivity contribution in [3.8, 4) is 5.75 Å². The van der Waals surface area contributed by atoms with Crippen molar-refractivity contribution in [2.75, 3.05) is 39.5 Å². The van der Waals surface area contributed by atoms with Crippen LogP contribution >= 0.6 is 0 Å². The Hall–Kier alpha value is -2.17. The van der Waals surface area contributed by atoms with Crippen molar-refractivity contribution in [2.45, 2.75) is 6.42 Å². The molecule has 4 heteroatoms. The van der Waals surface area contributed by atoms with Gasteiger partial charge in [0.25, 0.3) is 0 Å². The Morgan fingerprint density at radius 3 is 2.50 bits per heavy atom. The fraction of sp³-hybridized carbons (Fsp3) is 0.350. The zero-order valence-electron chi connectivity index (χ0n) is 13.8. The van der Waals surface area contributed by atoms with Crippen molar-refractivity contribution in [3.05, 3.63) is 65.7 Å². The molecular formula is C20H23NO3. The van der Waals surface area contributed by atoms with E-state index in [1.54, 1.807) is 0 Å². The largest absolute Gasteiger partial charge is 0.493 e. The standard InChI is InChI=1S/C20H23NO3/c22-20(17-7-2-1-3-8-17)18-9-4-5-10-19(18)24-14-6-11-21-12-15-23-16-13-21/h1-5,7-10H,6,11-16H2. The molecule has 0 saturated carbocycles. The lowest BCUT2D eigenvalue weighted by atomic mass is 10.0. The van der Waals surface area contributed by atoms with Crippen molar-refractivity contribution >= 4 is 5.78 Å². The maximum Gasteiger partial charge on any atom is 0.196 e. The van der Waals surface area contributed by atoms with Crippen LogP contribution in [-0.2, 0) is 4.74 Å². The molecule has 1 aliphatic rings. The van der Waals surface area contributed by atoms with E-state index in [9.17, 15) is 4.79 Å². The monoisotopic (exact) mass is 325 g/mol. The second kappa shape index (κ2) is 8.62. The van der Waals surface area contributed by atoms with Gasteiger partial charge in [0, 0.05) is 25.2 Å². The summed E-state index contributed by atoms with van der Waals surface area (Å²) >= 11 is 0. The predicted octanol–water partition coefficient (Wildman–Crippen LogP) is 3.02. The van der Waals surface area contributed by atoms with E-state index in [1.165, 1.54) is 0 Å². The number of ketones is 1. The lowest BCUT2D eigenvalue weighted by Crippen LogP contribution is -2.37. The van der Waals surface area contributed by atoms with Gasteiger partial charge in [0.2, 0.25) is 0 Å². The molecule has 1 fully saturated rings. The van der Waals surface area contributed by atoms with Crippen LogP contribution in [0, 0.1) is 0 Å². The highest BCUT2D eigenvalue weighted by molar-refractivity contribution is 6.10. The maximum atomic E-state index is 12.6. The van der Waals surface area contributed by atoms with E-state index >= 15 is 0 Å². The molecule has 0 unspecified atom stereocenters. The highest BCUT2D eigenvalue weighted by Gasteiger charge is 2.14. The van der Waals surface area contributed by atoms with Gasteiger partial charge in [-0.3, -0.25) is 9.69 Å². The third kappa shape index (κ3) is 4.43. The fourth-order valence-corrected chi connectivity index (χ4v) is 2.82. The number of nitrogens with zero attached hydrogens (tertiary/aromatic N) is 1. The molecule has 0 bridgehead atoms. The molecule has 0 amide bonds. The number of hydrogen-bond donors (Lipinski definition) is 0. The van der Waals surface area contributed by atoms with Gasteiger partial charge < -0.3 is 9.47 Å². The lowest BCUT2D eigenvalue weighted by molar-refractivity contribution is 0.0357. The Kier molecular flexibility index (Phi) is 5.99. The van der Waals surface area contributed by atoms with E-state index in [0.717, 1.165) is 39.3 Å². The molecule has 0 radical (unpaired) electrons. The summed E-state index contributed by atoms with van der Waals surface area (Å²) in [7, 11) is 0. The van der Waals surface area contributed by atoms with Crippen LogP contribution in [0.25, 0.3) is 0 Å². The van der Waals surface area contributed by atoms with Crippen molar-refractivity contribution in [3.63, 3.8) is 0 Å². The summed E-state index contributed by atoms with van der Waals surface area (Å²) in [6.07, 6.45) is 0.938. The molecule has 1 heterocycles. The van der Waals surface area contributed by atoms with Crippen LogP contribution in [0.4, 0.5) is 0 Å². The van der Waals surface area contributed by atoms with Crippen LogP contribution in [0.3, 0.4) is 0 Å². The summed E-state index contributed by atoms with van der Waals surface area (Å²) in [6.45, 7) is 5.21. The van der Waals surface area contributed by atoms with E-state index in [0.29, 0.717) is 23.5 Å². The van der Waals surface area contributed by atoms with Gasteiger partial charge in [-0.05, 0) is 18.6 Å². The quantitative estimate of drug-likeness (QED) is 0.579. The number of carbonyl (C=O) groups excluding carboxylic acids is 1. The van der Waals surface area contributed by atoms with Crippen molar-refractivity contribution in [2.24, 2.45) is 0 Å². The van der Waals surface area contributed by atoms with Gasteiger partial charge in [-0.1, -0.05) is 42.5 Å². The minimum Gasteiger partial charge on any atom is -0.493 e. The van der Waals surface area contributed by atoms with E-state index < -0.39 is 0 Å². The molecule has 1 aliphatic heterocycles. The third-order valence-electron chi connectivity index (χ3n) is 4.15. The van der Waals surface area contributed by atoms with Crippen LogP contribution in [-0.4, -0.2) is 50.1 Å². The van der Waals surface area contributed by atoms with E-state index in [2.05, 4.69) is 4.90 Å². The first-order chi connectivity index (χ1) is 11.8. The topological polar surface area (TPSA) is 38.8 Å². The highest BCUT2D eigenvalue weighted by atomic mass is 16.5. The molecule has 1 saturated heterocycles.